The van der Waals surface area contributed by atoms with Gasteiger partial charge in [-0.25, -0.2) is 9.59 Å². The van der Waals surface area contributed by atoms with Crippen LogP contribution in [0.25, 0.3) is 0 Å². The van der Waals surface area contributed by atoms with Crippen molar-refractivity contribution in [3.8, 4) is 0 Å². The number of aliphatic hydroxyl groups is 3. The number of esters is 4. The number of nitrogens with two attached hydrogens (primary N) is 1. The molecule has 0 amide bonds. The molecule has 316 valence electrons. The predicted octanol–water partition coefficient (Wildman–Crippen LogP) is 0.575. The number of methoxy groups -OCH3 is 6. The molecule has 0 rings (SSSR count). The third-order valence-electron chi connectivity index (χ3n) is 5.75. The lowest BCUT2D eigenvalue weighted by Crippen LogP contribution is -2.39. The van der Waals surface area contributed by atoms with Gasteiger partial charge in [0.2, 0.25) is 0 Å². The van der Waals surface area contributed by atoms with Crippen molar-refractivity contribution < 1.29 is 87.1 Å². The number of hydrogen-bond acceptors (Lipinski definition) is 18. The highest BCUT2D eigenvalue weighted by molar-refractivity contribution is 5.98. The highest BCUT2D eigenvalue weighted by Crippen LogP contribution is 2.11. The minimum absolute atomic E-state index is 0.225. The molecule has 19 heteroatoms. The summed E-state index contributed by atoms with van der Waals surface area (Å²) in [6.07, 6.45) is -5.83. The van der Waals surface area contributed by atoms with Gasteiger partial charge in [0.05, 0.1) is 38.6 Å². The van der Waals surface area contributed by atoms with E-state index < -0.39 is 72.1 Å². The average molecular weight is 778 g/mol. The molecular formula is C34H67NO18. The van der Waals surface area contributed by atoms with Crippen LogP contribution in [-0.4, -0.2) is 159 Å². The van der Waals surface area contributed by atoms with Crippen LogP contribution < -0.4 is 5.73 Å². The molecule has 0 aromatic carbocycles. The lowest BCUT2D eigenvalue weighted by Gasteiger charge is -2.22. The molecule has 0 aromatic heterocycles. The number of Topliss-reactive ketones (excluding diaryl/α,β-unsaturated/α-hetero) is 1. The molecule has 0 saturated carbocycles. The van der Waals surface area contributed by atoms with Crippen LogP contribution in [0.15, 0.2) is 0 Å². The van der Waals surface area contributed by atoms with Crippen molar-refractivity contribution >= 4 is 35.6 Å². The lowest BCUT2D eigenvalue weighted by molar-refractivity contribution is -0.160. The number of ether oxygens (including phenoxy) is 8. The van der Waals surface area contributed by atoms with E-state index in [1.54, 1.807) is 34.6 Å². The van der Waals surface area contributed by atoms with Gasteiger partial charge >= 0.3 is 29.8 Å². The van der Waals surface area contributed by atoms with E-state index in [0.717, 1.165) is 7.11 Å². The third kappa shape index (κ3) is 35.5. The van der Waals surface area contributed by atoms with Crippen LogP contribution in [0.2, 0.25) is 0 Å². The van der Waals surface area contributed by atoms with Crippen molar-refractivity contribution in [3.05, 3.63) is 0 Å². The van der Waals surface area contributed by atoms with Gasteiger partial charge in [0.15, 0.2) is 18.0 Å². The summed E-state index contributed by atoms with van der Waals surface area (Å²) in [5, 5.41) is 33.8. The molecule has 0 heterocycles. The first-order valence-corrected chi connectivity index (χ1v) is 16.2. The van der Waals surface area contributed by atoms with E-state index >= 15 is 0 Å². The predicted molar refractivity (Wildman–Crippen MR) is 191 cm³/mol. The zero-order valence-electron chi connectivity index (χ0n) is 34.4. The largest absolute Gasteiger partial charge is 0.480 e. The van der Waals surface area contributed by atoms with Gasteiger partial charge < -0.3 is 64.1 Å². The first-order chi connectivity index (χ1) is 23.9. The number of carboxylic acids is 1. The van der Waals surface area contributed by atoms with E-state index in [9.17, 15) is 28.8 Å². The molecule has 6 N–H and O–H groups in total. The van der Waals surface area contributed by atoms with Gasteiger partial charge in [-0.05, 0) is 69.2 Å². The Morgan fingerprint density at radius 1 is 0.604 bits per heavy atom. The van der Waals surface area contributed by atoms with Gasteiger partial charge in [-0.2, -0.15) is 0 Å². The Bertz CT molecular complexity index is 1040. The minimum Gasteiger partial charge on any atom is -0.480 e. The molecule has 0 aliphatic heterocycles. The molecule has 0 bridgehead atoms. The summed E-state index contributed by atoms with van der Waals surface area (Å²) in [5.74, 6) is -3.52. The van der Waals surface area contributed by atoms with Crippen LogP contribution >= 0.6 is 0 Å². The average Bonchev–Trinajstić information content (AvgIpc) is 3.02. The number of carbonyl (C=O) groups is 6. The Kier molecular flexibility index (Phi) is 34.6. The number of ketones is 1. The molecule has 0 radical (unpaired) electrons. The quantitative estimate of drug-likeness (QED) is 0.0915. The number of aliphatic hydroxyl groups excluding tert-OH is 3. The van der Waals surface area contributed by atoms with Crippen LogP contribution in [0, 0.1) is 0 Å². The Morgan fingerprint density at radius 2 is 0.981 bits per heavy atom. The number of rotatable bonds is 14. The monoisotopic (exact) mass is 777 g/mol. The van der Waals surface area contributed by atoms with Gasteiger partial charge in [-0.3, -0.25) is 19.2 Å². The van der Waals surface area contributed by atoms with Crippen LogP contribution in [0.3, 0.4) is 0 Å². The van der Waals surface area contributed by atoms with Crippen LogP contribution in [0.1, 0.15) is 82.6 Å². The number of carboxylic acid groups (broad SMARTS) is 1. The maximum atomic E-state index is 11.8. The summed E-state index contributed by atoms with van der Waals surface area (Å²) in [6.45, 7) is 18.3. The van der Waals surface area contributed by atoms with E-state index in [0.29, 0.717) is 0 Å². The first kappa shape index (κ1) is 59.0. The van der Waals surface area contributed by atoms with E-state index in [-0.39, 0.29) is 29.9 Å². The molecule has 8 atom stereocenters. The Hall–Kier alpha value is -3.30. The molecule has 0 spiro atoms. The lowest BCUT2D eigenvalue weighted by atomic mass is 10.1. The Morgan fingerprint density at radius 3 is 1.17 bits per heavy atom. The second-order valence-corrected chi connectivity index (χ2v) is 13.0. The number of aliphatic carboxylic acids is 1. The number of carbonyl (C=O) groups excluding carboxylic acids is 5. The number of hydrogen-bond donors (Lipinski definition) is 5. The van der Waals surface area contributed by atoms with Crippen molar-refractivity contribution in [2.45, 2.75) is 143 Å². The van der Waals surface area contributed by atoms with Gasteiger partial charge in [0, 0.05) is 35.4 Å². The van der Waals surface area contributed by atoms with Gasteiger partial charge in [-0.15, -0.1) is 0 Å². The summed E-state index contributed by atoms with van der Waals surface area (Å²) >= 11 is 0. The van der Waals surface area contributed by atoms with E-state index in [1.165, 1.54) is 56.3 Å². The molecule has 0 aromatic rings. The summed E-state index contributed by atoms with van der Waals surface area (Å²) in [5.41, 5.74) is 3.99. The zero-order chi connectivity index (χ0) is 43.4. The normalized spacial score (nSPS) is 15.2. The van der Waals surface area contributed by atoms with Crippen molar-refractivity contribution in [3.63, 3.8) is 0 Å². The molecule has 0 fully saturated rings. The molecule has 19 nitrogen and oxygen atoms in total. The van der Waals surface area contributed by atoms with Crippen LogP contribution in [-0.2, 0) is 66.7 Å². The van der Waals surface area contributed by atoms with E-state index in [2.05, 4.69) is 9.47 Å². The summed E-state index contributed by atoms with van der Waals surface area (Å²) in [6, 6.07) is -1.16. The molecular weight excluding hydrogens is 710 g/mol. The summed E-state index contributed by atoms with van der Waals surface area (Å²) < 4.78 is 38.2. The maximum absolute atomic E-state index is 11.8. The van der Waals surface area contributed by atoms with Gasteiger partial charge in [0.1, 0.15) is 29.8 Å². The SMILES string of the molecule is CC(=O)OC(C)(C)C.COC(=O)[C@@H](O)[C@H](C)O.COC(=O)[C@@H](OC)[C@H](C)OC.CO[C@@H](C)[C@H](OC)C(=O)CC(=O)OC(C)(C)C.C[C@H](O)[C@H](N)C(=O)O. The van der Waals surface area contributed by atoms with E-state index in [1.807, 2.05) is 20.8 Å². The third-order valence-corrected chi connectivity index (χ3v) is 5.75. The molecule has 0 aliphatic carbocycles. The summed E-state index contributed by atoms with van der Waals surface area (Å²) in [7, 11) is 8.31. The molecule has 0 aliphatic rings. The van der Waals surface area contributed by atoms with Gasteiger partial charge in [0.25, 0.3) is 0 Å². The van der Waals surface area contributed by atoms with Crippen LogP contribution in [0.5, 0.6) is 0 Å². The van der Waals surface area contributed by atoms with Crippen LogP contribution in [0.4, 0.5) is 0 Å². The van der Waals surface area contributed by atoms with Crippen molar-refractivity contribution in [1.29, 1.82) is 0 Å². The smallest absolute Gasteiger partial charge is 0.337 e. The standard InChI is InChI=1S/C12H22O5.C7H14O4.C6H12O2.C5H10O4.C4H9NO3/c1-8(15-5)11(16-6)9(13)7-10(14)17-12(2,3)4;1-5(9-2)6(10-3)7(8)11-4;1-5(7)8-6(2,3)4;1-3(6)4(7)5(8)9-2;1-2(6)3(5)4(7)8/h8,11H,7H2,1-6H3;5-6H,1-4H3;1-4H3;3-4,6-7H,1-2H3;2-3,6H,5H2,1H3,(H,7,8)/t8-,11-;5-,6-;;3-,4-;2-,3-/m00.00/s1. The molecule has 0 unspecified atom stereocenters. The van der Waals surface area contributed by atoms with Crippen molar-refractivity contribution in [2.24, 2.45) is 5.73 Å². The Balaban J connectivity index is -0.000000188. The highest BCUT2D eigenvalue weighted by Gasteiger charge is 2.29. The Labute approximate surface area is 313 Å². The second kappa shape index (κ2) is 31.1. The maximum Gasteiger partial charge on any atom is 0.337 e. The van der Waals surface area contributed by atoms with Crippen molar-refractivity contribution in [1.82, 2.24) is 0 Å². The highest BCUT2D eigenvalue weighted by atomic mass is 16.6. The van der Waals surface area contributed by atoms with E-state index in [4.69, 9.17) is 54.6 Å². The molecule has 0 saturated heterocycles. The minimum atomic E-state index is -1.42. The fourth-order valence-electron chi connectivity index (χ4n) is 3.00. The second-order valence-electron chi connectivity index (χ2n) is 13.0. The zero-order valence-corrected chi connectivity index (χ0v) is 34.4. The van der Waals surface area contributed by atoms with Crippen molar-refractivity contribution in [2.75, 3.05) is 42.7 Å². The fourth-order valence-corrected chi connectivity index (χ4v) is 3.00. The molecule has 53 heavy (non-hydrogen) atoms. The fraction of sp³-hybridized carbons (Fsp3) is 0.824. The topological polar surface area (TPSA) is 283 Å². The summed E-state index contributed by atoms with van der Waals surface area (Å²) in [4.78, 5) is 64.6. The van der Waals surface area contributed by atoms with Gasteiger partial charge in [-0.1, -0.05) is 0 Å². The first-order valence-electron chi connectivity index (χ1n) is 16.2.